The molecule has 0 radical (unpaired) electrons. The Labute approximate surface area is 243 Å². The molecule has 14 heteroatoms. The molecular formula is C28H33N5O8S. The van der Waals surface area contributed by atoms with Crippen molar-refractivity contribution >= 4 is 39.4 Å². The number of hydrogen-bond acceptors (Lipinski definition) is 8. The Hall–Kier alpha value is -4.66. The van der Waals surface area contributed by atoms with Crippen LogP contribution in [0, 0.1) is 10.8 Å². The number of amides is 2. The second-order valence-electron chi connectivity index (χ2n) is 10.2. The molecule has 224 valence electrons. The molecule has 1 atom stereocenters. The van der Waals surface area contributed by atoms with Gasteiger partial charge in [-0.15, -0.1) is 0 Å². The highest BCUT2D eigenvalue weighted by atomic mass is 32.2. The van der Waals surface area contributed by atoms with Crippen LogP contribution in [0.15, 0.2) is 60.9 Å². The molecular weight excluding hydrogens is 566 g/mol. The van der Waals surface area contributed by atoms with Crippen molar-refractivity contribution in [1.29, 1.82) is 5.41 Å². The van der Waals surface area contributed by atoms with Crippen molar-refractivity contribution in [3.8, 4) is 11.1 Å². The van der Waals surface area contributed by atoms with Gasteiger partial charge in [-0.2, -0.15) is 8.42 Å². The summed E-state index contributed by atoms with van der Waals surface area (Å²) in [6.45, 7) is 5.33. The summed E-state index contributed by atoms with van der Waals surface area (Å²) in [5, 5.41) is 32.5. The molecule has 0 bridgehead atoms. The van der Waals surface area contributed by atoms with Gasteiger partial charge in [-0.05, 0) is 53.4 Å². The Kier molecular flexibility index (Phi) is 11.0. The van der Waals surface area contributed by atoms with E-state index in [-0.39, 0.29) is 40.3 Å². The Bertz CT molecular complexity index is 1570. The summed E-state index contributed by atoms with van der Waals surface area (Å²) in [5.74, 6) is -2.41. The zero-order valence-corrected chi connectivity index (χ0v) is 24.2. The van der Waals surface area contributed by atoms with Crippen molar-refractivity contribution < 1.29 is 37.6 Å². The first-order valence-electron chi connectivity index (χ1n) is 12.3. The van der Waals surface area contributed by atoms with Crippen LogP contribution in [0.3, 0.4) is 0 Å². The number of nitrogen functional groups attached to an aromatic ring is 1. The molecule has 8 N–H and O–H groups in total. The smallest absolute Gasteiger partial charge is 0.336 e. The molecule has 0 fully saturated rings. The number of benzene rings is 2. The number of nitrogens with zero attached hydrogens (tertiary/aromatic N) is 1. The predicted molar refractivity (Wildman–Crippen MR) is 157 cm³/mol. The summed E-state index contributed by atoms with van der Waals surface area (Å²) in [6.07, 6.45) is 3.52. The number of aliphatic hydroxyl groups excluding tert-OH is 1. The number of nitrogens with one attached hydrogen (secondary N) is 3. The number of anilines is 1. The van der Waals surface area contributed by atoms with E-state index in [1.54, 1.807) is 24.3 Å². The molecule has 1 heterocycles. The molecule has 1 aromatic heterocycles. The molecule has 2 amide bonds. The lowest BCUT2D eigenvalue weighted by atomic mass is 9.87. The van der Waals surface area contributed by atoms with Crippen LogP contribution in [0.4, 0.5) is 5.69 Å². The zero-order chi connectivity index (χ0) is 31.8. The summed E-state index contributed by atoms with van der Waals surface area (Å²) in [7, 11) is -3.67. The normalized spacial score (nSPS) is 11.9. The van der Waals surface area contributed by atoms with Crippen LogP contribution in [0.2, 0.25) is 0 Å². The summed E-state index contributed by atoms with van der Waals surface area (Å²) >= 11 is 0. The summed E-state index contributed by atoms with van der Waals surface area (Å²) in [6, 6.07) is 11.5. The summed E-state index contributed by atoms with van der Waals surface area (Å²) in [5.41, 5.74) is 6.59. The molecule has 2 aromatic carbocycles. The van der Waals surface area contributed by atoms with Crippen molar-refractivity contribution in [2.75, 3.05) is 18.2 Å². The van der Waals surface area contributed by atoms with E-state index >= 15 is 0 Å². The molecule has 0 saturated carbocycles. The highest BCUT2D eigenvalue weighted by Crippen LogP contribution is 2.29. The van der Waals surface area contributed by atoms with Gasteiger partial charge >= 0.3 is 5.97 Å². The number of carbonyl (C=O) groups excluding carboxylic acids is 2. The van der Waals surface area contributed by atoms with Gasteiger partial charge in [0.2, 0.25) is 0 Å². The molecule has 13 nitrogen and oxygen atoms in total. The average molecular weight is 600 g/mol. The number of amidine groups is 1. The Morgan fingerprint density at radius 1 is 0.976 bits per heavy atom. The van der Waals surface area contributed by atoms with Crippen LogP contribution in [-0.4, -0.2) is 70.7 Å². The second-order valence-corrected chi connectivity index (χ2v) is 11.7. The van der Waals surface area contributed by atoms with Gasteiger partial charge in [-0.1, -0.05) is 26.8 Å². The number of aliphatic hydroxyl groups is 1. The predicted octanol–water partition coefficient (Wildman–Crippen LogP) is 2.62. The molecule has 3 aromatic rings. The Morgan fingerprint density at radius 2 is 1.55 bits per heavy atom. The number of hydrogen-bond donors (Lipinski definition) is 7. The Balaban J connectivity index is 0.00000113. The maximum absolute atomic E-state index is 13.1. The van der Waals surface area contributed by atoms with Crippen LogP contribution < -0.4 is 16.4 Å². The maximum atomic E-state index is 13.1. The summed E-state index contributed by atoms with van der Waals surface area (Å²) < 4.78 is 25.9. The van der Waals surface area contributed by atoms with Crippen molar-refractivity contribution in [3.63, 3.8) is 0 Å². The fourth-order valence-electron chi connectivity index (χ4n) is 3.61. The molecule has 0 saturated heterocycles. The van der Waals surface area contributed by atoms with Gasteiger partial charge in [-0.3, -0.25) is 24.5 Å². The zero-order valence-electron chi connectivity index (χ0n) is 23.4. The highest BCUT2D eigenvalue weighted by Gasteiger charge is 2.27. The van der Waals surface area contributed by atoms with Crippen molar-refractivity contribution in [3.05, 3.63) is 83.2 Å². The number of aromatic nitrogens is 1. The van der Waals surface area contributed by atoms with Gasteiger partial charge < -0.3 is 26.6 Å². The molecule has 1 unspecified atom stereocenters. The lowest BCUT2D eigenvalue weighted by molar-refractivity contribution is 0.0697. The van der Waals surface area contributed by atoms with Crippen LogP contribution in [0.1, 0.15) is 57.4 Å². The number of carboxylic acid groups (broad SMARTS) is 1. The van der Waals surface area contributed by atoms with Gasteiger partial charge in [0.25, 0.3) is 21.9 Å². The first kappa shape index (κ1) is 33.5. The minimum atomic E-state index is -3.67. The largest absolute Gasteiger partial charge is 0.478 e. The molecule has 0 aliphatic heterocycles. The minimum absolute atomic E-state index is 0.0992. The van der Waals surface area contributed by atoms with E-state index in [1.165, 1.54) is 36.7 Å². The van der Waals surface area contributed by atoms with Crippen LogP contribution >= 0.6 is 0 Å². The van der Waals surface area contributed by atoms with Crippen molar-refractivity contribution in [2.24, 2.45) is 11.1 Å². The fourth-order valence-corrected chi connectivity index (χ4v) is 3.61. The number of carbonyl (C=O) groups is 3. The maximum Gasteiger partial charge on any atom is 0.336 e. The second kappa shape index (κ2) is 13.8. The SMILES string of the molecule is CC(C)(C)C(CO)NC(=O)c1ccc(-c2cnccc2C(=O)Nc2ccc(C(=N)N)cc2)c(C(=O)O)c1.CS(=O)(=O)O. The minimum Gasteiger partial charge on any atom is -0.478 e. The van der Waals surface area contributed by atoms with Gasteiger partial charge in [0.05, 0.1) is 30.0 Å². The highest BCUT2D eigenvalue weighted by molar-refractivity contribution is 7.85. The lowest BCUT2D eigenvalue weighted by Gasteiger charge is -2.29. The van der Waals surface area contributed by atoms with E-state index in [2.05, 4.69) is 15.6 Å². The third kappa shape index (κ3) is 9.76. The standard InChI is InChI=1S/C27H29N5O5.CH4O3S/c1-27(2,3)22(14-33)32-24(34)16-6-9-18(20(12-16)26(36)37)21-13-30-11-10-19(21)25(35)31-17-7-4-15(5-8-17)23(28)29;1-5(2,3)4/h4-13,22,33H,14H2,1-3H3,(H3,28,29)(H,31,35)(H,32,34)(H,36,37);1H3,(H,2,3,4). The number of nitrogens with two attached hydrogens (primary N) is 1. The first-order valence-corrected chi connectivity index (χ1v) is 14.2. The van der Waals surface area contributed by atoms with Crippen LogP contribution in [0.25, 0.3) is 11.1 Å². The van der Waals surface area contributed by atoms with Gasteiger partial charge in [-0.25, -0.2) is 4.79 Å². The molecule has 42 heavy (non-hydrogen) atoms. The average Bonchev–Trinajstić information content (AvgIpc) is 2.89. The van der Waals surface area contributed by atoms with Gasteiger partial charge in [0, 0.05) is 34.8 Å². The van der Waals surface area contributed by atoms with Gasteiger partial charge in [0.15, 0.2) is 0 Å². The van der Waals surface area contributed by atoms with Crippen LogP contribution in [0.5, 0.6) is 0 Å². The Morgan fingerprint density at radius 3 is 2.05 bits per heavy atom. The van der Waals surface area contributed by atoms with E-state index in [1.807, 2.05) is 20.8 Å². The number of rotatable bonds is 8. The molecule has 0 aliphatic carbocycles. The van der Waals surface area contributed by atoms with Crippen molar-refractivity contribution in [2.45, 2.75) is 26.8 Å². The monoisotopic (exact) mass is 599 g/mol. The van der Waals surface area contributed by atoms with Gasteiger partial charge in [0.1, 0.15) is 5.84 Å². The number of pyridine rings is 1. The van der Waals surface area contributed by atoms with E-state index in [0.717, 1.165) is 0 Å². The van der Waals surface area contributed by atoms with E-state index in [0.29, 0.717) is 17.5 Å². The fraction of sp³-hybridized carbons (Fsp3) is 0.250. The van der Waals surface area contributed by atoms with E-state index in [4.69, 9.17) is 15.7 Å². The van der Waals surface area contributed by atoms with Crippen LogP contribution in [-0.2, 0) is 10.1 Å². The number of aromatic carboxylic acids is 1. The molecule has 3 rings (SSSR count). The summed E-state index contributed by atoms with van der Waals surface area (Å²) in [4.78, 5) is 42.1. The first-order chi connectivity index (χ1) is 19.4. The van der Waals surface area contributed by atoms with Crippen molar-refractivity contribution in [1.82, 2.24) is 10.3 Å². The lowest BCUT2D eigenvalue weighted by Crippen LogP contribution is -2.46. The topological polar surface area (TPSA) is 233 Å². The quantitative estimate of drug-likeness (QED) is 0.114. The van der Waals surface area contributed by atoms with E-state index in [9.17, 15) is 33.0 Å². The molecule has 0 aliphatic rings. The molecule has 0 spiro atoms. The van der Waals surface area contributed by atoms with E-state index < -0.39 is 39.4 Å². The number of carboxylic acids is 1. The third-order valence-corrected chi connectivity index (χ3v) is 5.86. The third-order valence-electron chi connectivity index (χ3n) is 5.86.